The predicted octanol–water partition coefficient (Wildman–Crippen LogP) is 1.65. The van der Waals surface area contributed by atoms with Crippen molar-refractivity contribution in [3.63, 3.8) is 0 Å². The van der Waals surface area contributed by atoms with Gasteiger partial charge in [0.25, 0.3) is 0 Å². The topological polar surface area (TPSA) is 90.3 Å². The lowest BCUT2D eigenvalue weighted by molar-refractivity contribution is 0.173. The molecule has 0 saturated heterocycles. The van der Waals surface area contributed by atoms with E-state index in [1.807, 2.05) is 0 Å². The van der Waals surface area contributed by atoms with Crippen molar-refractivity contribution in [2.45, 2.75) is 0 Å². The van der Waals surface area contributed by atoms with Crippen LogP contribution < -0.4 is 0 Å². The second-order valence-corrected chi connectivity index (χ2v) is 6.45. The van der Waals surface area contributed by atoms with Gasteiger partial charge in [-0.15, -0.1) is 0 Å². The van der Waals surface area contributed by atoms with Gasteiger partial charge in [-0.1, -0.05) is 6.58 Å². The number of hydrogen-bond acceptors (Lipinski definition) is 4. The summed E-state index contributed by atoms with van der Waals surface area (Å²) in [7, 11) is -1.39. The minimum atomic E-state index is -3.72. The third-order valence-electron chi connectivity index (χ3n) is 2.78. The summed E-state index contributed by atoms with van der Waals surface area (Å²) in [5, 5.41) is 9.03. The van der Waals surface area contributed by atoms with Crippen LogP contribution in [0.3, 0.4) is 0 Å². The van der Waals surface area contributed by atoms with E-state index in [1.54, 1.807) is 0 Å². The third kappa shape index (κ3) is 4.29. The molecule has 0 unspecified atom stereocenters. The van der Waals surface area contributed by atoms with Crippen LogP contribution >= 0.6 is 0 Å². The number of guanidine groups is 1. The number of halogens is 1. The number of aliphatic imine (C=N–C) groups is 1. The maximum atomic E-state index is 12.9. The smallest absolute Gasteiger partial charge is 0.413 e. The summed E-state index contributed by atoms with van der Waals surface area (Å²) in [5.41, 5.74) is 0.526. The third-order valence-corrected chi connectivity index (χ3v) is 3.94. The Labute approximate surface area is 128 Å². The first kappa shape index (κ1) is 17.6. The molecule has 0 fully saturated rings. The molecular weight excluding hydrogens is 313 g/mol. The van der Waals surface area contributed by atoms with Gasteiger partial charge < -0.3 is 5.11 Å². The van der Waals surface area contributed by atoms with Gasteiger partial charge in [0.2, 0.25) is 16.0 Å². The van der Waals surface area contributed by atoms with Crippen molar-refractivity contribution in [2.24, 2.45) is 4.99 Å². The maximum absolute atomic E-state index is 12.9. The highest BCUT2D eigenvalue weighted by Gasteiger charge is 2.24. The number of benzene rings is 1. The van der Waals surface area contributed by atoms with E-state index in [-0.39, 0.29) is 11.7 Å². The molecule has 9 heteroatoms. The van der Waals surface area contributed by atoms with Crippen LogP contribution in [0.15, 0.2) is 35.8 Å². The van der Waals surface area contributed by atoms with E-state index in [0.717, 1.165) is 17.6 Å². The van der Waals surface area contributed by atoms with E-state index in [2.05, 4.69) is 11.6 Å². The maximum Gasteiger partial charge on any atom is 0.413 e. The van der Waals surface area contributed by atoms with Gasteiger partial charge in [-0.05, 0) is 29.8 Å². The average Bonchev–Trinajstić information content (AvgIpc) is 2.42. The Kier molecular flexibility index (Phi) is 5.26. The van der Waals surface area contributed by atoms with Gasteiger partial charge in [-0.2, -0.15) is 0 Å². The van der Waals surface area contributed by atoms with E-state index in [9.17, 15) is 17.6 Å². The molecule has 0 aliphatic rings. The normalized spacial score (nSPS) is 11.9. The second-order valence-electron chi connectivity index (χ2n) is 4.44. The van der Waals surface area contributed by atoms with Gasteiger partial charge in [-0.3, -0.25) is 0 Å². The summed E-state index contributed by atoms with van der Waals surface area (Å²) < 4.78 is 36.8. The summed E-state index contributed by atoms with van der Waals surface area (Å²) in [4.78, 5) is 15.7. The average molecular weight is 329 g/mol. The molecule has 0 aliphatic heterocycles. The SMILES string of the molecule is C=C(/N=C(\N(C)C(=O)O)N(C)S(C)(=O)=O)c1ccc(F)cc1. The fourth-order valence-corrected chi connectivity index (χ4v) is 1.88. The van der Waals surface area contributed by atoms with Gasteiger partial charge in [-0.25, -0.2) is 31.8 Å². The molecule has 0 bridgehead atoms. The molecule has 1 N–H and O–H groups in total. The predicted molar refractivity (Wildman–Crippen MR) is 81.3 cm³/mol. The molecule has 0 atom stereocenters. The molecule has 1 rings (SSSR count). The van der Waals surface area contributed by atoms with Crippen molar-refractivity contribution in [3.05, 3.63) is 42.2 Å². The van der Waals surface area contributed by atoms with Gasteiger partial charge in [0.1, 0.15) is 5.82 Å². The van der Waals surface area contributed by atoms with E-state index in [4.69, 9.17) is 5.11 Å². The minimum absolute atomic E-state index is 0.0959. The molecule has 1 amide bonds. The van der Waals surface area contributed by atoms with Crippen LogP contribution in [0.1, 0.15) is 5.56 Å². The van der Waals surface area contributed by atoms with Crippen molar-refractivity contribution in [1.29, 1.82) is 0 Å². The molecule has 0 heterocycles. The van der Waals surface area contributed by atoms with Crippen molar-refractivity contribution in [3.8, 4) is 0 Å². The van der Waals surface area contributed by atoms with Gasteiger partial charge >= 0.3 is 6.09 Å². The minimum Gasteiger partial charge on any atom is -0.465 e. The lowest BCUT2D eigenvalue weighted by Crippen LogP contribution is -2.45. The lowest BCUT2D eigenvalue weighted by atomic mass is 10.2. The van der Waals surface area contributed by atoms with Crippen molar-refractivity contribution in [1.82, 2.24) is 9.21 Å². The largest absolute Gasteiger partial charge is 0.465 e. The second kappa shape index (κ2) is 6.56. The van der Waals surface area contributed by atoms with Crippen molar-refractivity contribution < 1.29 is 22.7 Å². The molecule has 1 aromatic rings. The van der Waals surface area contributed by atoms with E-state index in [0.29, 0.717) is 10.5 Å². The van der Waals surface area contributed by atoms with E-state index < -0.39 is 21.9 Å². The number of carboxylic acid groups (broad SMARTS) is 1. The Balaban J connectivity index is 3.28. The van der Waals surface area contributed by atoms with Gasteiger partial charge in [0, 0.05) is 14.1 Å². The molecule has 0 saturated carbocycles. The van der Waals surface area contributed by atoms with Gasteiger partial charge in [0.15, 0.2) is 0 Å². The zero-order valence-corrected chi connectivity index (χ0v) is 13.1. The molecule has 7 nitrogen and oxygen atoms in total. The van der Waals surface area contributed by atoms with Gasteiger partial charge in [0.05, 0.1) is 12.0 Å². The lowest BCUT2D eigenvalue weighted by Gasteiger charge is -2.24. The number of sulfonamides is 1. The van der Waals surface area contributed by atoms with Crippen molar-refractivity contribution in [2.75, 3.05) is 20.4 Å². The summed E-state index contributed by atoms with van der Waals surface area (Å²) in [6.45, 7) is 3.65. The van der Waals surface area contributed by atoms with Crippen LogP contribution in [0.2, 0.25) is 0 Å². The Morgan fingerprint density at radius 1 is 1.27 bits per heavy atom. The fraction of sp³-hybridized carbons (Fsp3) is 0.231. The first-order valence-corrected chi connectivity index (χ1v) is 7.83. The van der Waals surface area contributed by atoms with Crippen LogP contribution in [0, 0.1) is 5.82 Å². The van der Waals surface area contributed by atoms with E-state index in [1.165, 1.54) is 31.3 Å². The highest BCUT2D eigenvalue weighted by atomic mass is 32.2. The first-order chi connectivity index (χ1) is 10.0. The number of nitrogens with zero attached hydrogens (tertiary/aromatic N) is 3. The van der Waals surface area contributed by atoms with Crippen molar-refractivity contribution >= 4 is 27.8 Å². The zero-order chi connectivity index (χ0) is 17.1. The number of rotatable bonds is 3. The zero-order valence-electron chi connectivity index (χ0n) is 12.3. The Morgan fingerprint density at radius 3 is 2.18 bits per heavy atom. The number of carbonyl (C=O) groups is 1. The highest BCUT2D eigenvalue weighted by Crippen LogP contribution is 2.16. The molecular formula is C13H16FN3O4S. The Bertz CT molecular complexity index is 713. The molecule has 1 aromatic carbocycles. The molecule has 22 heavy (non-hydrogen) atoms. The summed E-state index contributed by atoms with van der Waals surface area (Å²) in [6.07, 6.45) is -0.472. The van der Waals surface area contributed by atoms with Crippen LogP contribution in [-0.2, 0) is 10.0 Å². The quantitative estimate of drug-likeness (QED) is 0.674. The molecule has 120 valence electrons. The highest BCUT2D eigenvalue weighted by molar-refractivity contribution is 7.88. The monoisotopic (exact) mass is 329 g/mol. The Hall–Kier alpha value is -2.42. The fourth-order valence-electron chi connectivity index (χ4n) is 1.42. The van der Waals surface area contributed by atoms with Crippen LogP contribution in [0.4, 0.5) is 9.18 Å². The Morgan fingerprint density at radius 2 is 1.77 bits per heavy atom. The molecule has 0 aliphatic carbocycles. The summed E-state index contributed by atoms with van der Waals surface area (Å²) >= 11 is 0. The van der Waals surface area contributed by atoms with Crippen LogP contribution in [0.25, 0.3) is 5.70 Å². The molecule has 0 spiro atoms. The molecule has 0 aromatic heterocycles. The summed E-state index contributed by atoms with van der Waals surface area (Å²) in [5.74, 6) is -0.791. The number of amides is 1. The standard InChI is InChI=1S/C13H16FN3O4S/c1-9(10-5-7-11(14)8-6-10)15-12(16(2)13(18)19)17(3)22(4,20)21/h5-8H,1H2,2-4H3,(H,18,19)/b15-12+. The first-order valence-electron chi connectivity index (χ1n) is 5.98. The molecule has 0 radical (unpaired) electrons. The summed E-state index contributed by atoms with van der Waals surface area (Å²) in [6, 6.07) is 5.19. The van der Waals surface area contributed by atoms with Crippen LogP contribution in [0.5, 0.6) is 0 Å². The van der Waals surface area contributed by atoms with Crippen LogP contribution in [-0.4, -0.2) is 55.1 Å². The van der Waals surface area contributed by atoms with E-state index >= 15 is 0 Å². The number of hydrogen-bond donors (Lipinski definition) is 1.